The van der Waals surface area contributed by atoms with E-state index in [0.717, 1.165) is 66.7 Å². The number of nitriles is 1. The van der Waals surface area contributed by atoms with Gasteiger partial charge in [-0.2, -0.15) is 18.4 Å². The molecule has 0 spiro atoms. The lowest BCUT2D eigenvalue weighted by Crippen LogP contribution is -2.42. The van der Waals surface area contributed by atoms with Crippen LogP contribution in [-0.2, 0) is 24.4 Å². The molecule has 294 valence electrons. The molecular weight excluding hydrogens is 688 g/mol. The van der Waals surface area contributed by atoms with Crippen LogP contribution in [0.1, 0.15) is 80.3 Å². The Labute approximate surface area is 330 Å². The number of aryl methyl sites for hydroxylation is 1. The summed E-state index contributed by atoms with van der Waals surface area (Å²) in [6, 6.07) is 33.1. The van der Waals surface area contributed by atoms with Gasteiger partial charge < -0.3 is 10.6 Å². The number of rotatable bonds is 9. The second-order valence-corrected chi connectivity index (χ2v) is 12.4. The third-order valence-corrected chi connectivity index (χ3v) is 9.29. The maximum Gasteiger partial charge on any atom is 0.417 e. The molecular formula is C49H62F3N3. The van der Waals surface area contributed by atoms with E-state index in [9.17, 15) is 18.4 Å². The summed E-state index contributed by atoms with van der Waals surface area (Å²) in [5, 5.41) is 9.46. The number of halogens is 3. The van der Waals surface area contributed by atoms with Crippen molar-refractivity contribution >= 4 is 5.70 Å². The standard InChI is InChI=1S/C39H39F3N2.C2H5N.C2H6.3C2H4/c1-4-10-29-11-8-15-32(23-29)33-16-9-12-30(24-33)26-38(3,36-18-17-34(27-43)37(25-36)39(40,41)42)35-19-21-44(22-20-35)28(2)31-13-6-5-7-14-31;1-2-3;4*1-2/h5-9,11-18,23-25,35H,2,4,10,19-22,26H2,1,3H3;2H,1,3H2;1-2H3;3*1-2H2. The van der Waals surface area contributed by atoms with Crippen molar-refractivity contribution in [2.75, 3.05) is 13.1 Å². The lowest BCUT2D eigenvalue weighted by molar-refractivity contribution is -0.137. The van der Waals surface area contributed by atoms with Gasteiger partial charge in [0.25, 0.3) is 0 Å². The molecule has 4 aromatic carbocycles. The molecule has 5 rings (SSSR count). The van der Waals surface area contributed by atoms with Gasteiger partial charge in [-0.3, -0.25) is 0 Å². The van der Waals surface area contributed by atoms with E-state index in [0.29, 0.717) is 12.0 Å². The van der Waals surface area contributed by atoms with Gasteiger partial charge in [0, 0.05) is 18.8 Å². The Balaban J connectivity index is 0.00000242. The Kier molecular flexibility index (Phi) is 23.6. The summed E-state index contributed by atoms with van der Waals surface area (Å²) in [6.07, 6.45) is 0.960. The fourth-order valence-electron chi connectivity index (χ4n) is 6.79. The Morgan fingerprint density at radius 1 is 0.818 bits per heavy atom. The van der Waals surface area contributed by atoms with Gasteiger partial charge in [-0.05, 0) is 88.7 Å². The zero-order valence-corrected chi connectivity index (χ0v) is 33.6. The Morgan fingerprint density at radius 3 is 1.82 bits per heavy atom. The summed E-state index contributed by atoms with van der Waals surface area (Å²) >= 11 is 0. The first-order valence-electron chi connectivity index (χ1n) is 18.7. The van der Waals surface area contributed by atoms with E-state index in [2.05, 4.69) is 132 Å². The van der Waals surface area contributed by atoms with Crippen molar-refractivity contribution in [2.24, 2.45) is 11.7 Å². The van der Waals surface area contributed by atoms with Crippen molar-refractivity contribution < 1.29 is 13.2 Å². The van der Waals surface area contributed by atoms with Crippen LogP contribution in [0, 0.1) is 17.2 Å². The minimum Gasteiger partial charge on any atom is -0.405 e. The fraction of sp³-hybridized carbons (Fsp3) is 0.286. The number of alkyl halides is 3. The van der Waals surface area contributed by atoms with Gasteiger partial charge >= 0.3 is 6.18 Å². The molecule has 55 heavy (non-hydrogen) atoms. The summed E-state index contributed by atoms with van der Waals surface area (Å²) in [4.78, 5) is 2.29. The van der Waals surface area contributed by atoms with Gasteiger partial charge in [-0.25, -0.2) is 0 Å². The Bertz CT molecular complexity index is 1740. The van der Waals surface area contributed by atoms with E-state index in [1.165, 1.54) is 23.9 Å². The van der Waals surface area contributed by atoms with Gasteiger partial charge in [-0.15, -0.1) is 39.5 Å². The maximum atomic E-state index is 14.1. The van der Waals surface area contributed by atoms with Crippen LogP contribution in [0.2, 0.25) is 0 Å². The molecule has 6 heteroatoms. The number of likely N-dealkylation sites (tertiary alicyclic amines) is 1. The highest BCUT2D eigenvalue weighted by molar-refractivity contribution is 5.65. The summed E-state index contributed by atoms with van der Waals surface area (Å²) in [7, 11) is 0. The summed E-state index contributed by atoms with van der Waals surface area (Å²) in [6.45, 7) is 35.3. The van der Waals surface area contributed by atoms with Gasteiger partial charge in [0.2, 0.25) is 0 Å². The molecule has 1 unspecified atom stereocenters. The third-order valence-electron chi connectivity index (χ3n) is 9.29. The van der Waals surface area contributed by atoms with Crippen LogP contribution in [-0.4, -0.2) is 18.0 Å². The summed E-state index contributed by atoms with van der Waals surface area (Å²) in [5.74, 6) is 0.132. The number of benzene rings is 4. The highest BCUT2D eigenvalue weighted by atomic mass is 19.4. The molecule has 0 amide bonds. The molecule has 1 aliphatic heterocycles. The van der Waals surface area contributed by atoms with Gasteiger partial charge in [-0.1, -0.05) is 132 Å². The number of nitrogens with two attached hydrogens (primary N) is 1. The van der Waals surface area contributed by atoms with Gasteiger partial charge in [0.1, 0.15) is 0 Å². The van der Waals surface area contributed by atoms with E-state index < -0.39 is 17.2 Å². The zero-order chi connectivity index (χ0) is 42.0. The molecule has 3 nitrogen and oxygen atoms in total. The van der Waals surface area contributed by atoms with E-state index in [4.69, 9.17) is 0 Å². The maximum absolute atomic E-state index is 14.1. The largest absolute Gasteiger partial charge is 0.417 e. The first-order chi connectivity index (χ1) is 26.5. The highest BCUT2D eigenvalue weighted by Gasteiger charge is 2.41. The first kappa shape index (κ1) is 49.5. The topological polar surface area (TPSA) is 53.0 Å². The Morgan fingerprint density at radius 2 is 1.33 bits per heavy atom. The molecule has 0 radical (unpaired) electrons. The zero-order valence-electron chi connectivity index (χ0n) is 33.6. The SMILES string of the molecule is C=C.C=C.C=C.C=C(c1ccccc1)N1CCC(C(C)(Cc2cccc(-c3cccc(CCC)c3)c2)c2ccc(C#N)c(C(F)(F)F)c2)CC1.C=CN.CC. The molecule has 1 aliphatic rings. The van der Waals surface area contributed by atoms with Crippen LogP contribution in [0.5, 0.6) is 0 Å². The van der Waals surface area contributed by atoms with Crippen LogP contribution in [0.25, 0.3) is 16.8 Å². The molecule has 1 saturated heterocycles. The van der Waals surface area contributed by atoms with Crippen molar-refractivity contribution in [3.05, 3.63) is 189 Å². The van der Waals surface area contributed by atoms with Crippen molar-refractivity contribution in [1.29, 1.82) is 5.26 Å². The molecule has 1 heterocycles. The van der Waals surface area contributed by atoms with Gasteiger partial charge in [0.05, 0.1) is 17.2 Å². The van der Waals surface area contributed by atoms with Crippen molar-refractivity contribution in [1.82, 2.24) is 4.90 Å². The predicted octanol–water partition coefficient (Wildman–Crippen LogP) is 13.6. The number of hydrogen-bond acceptors (Lipinski definition) is 3. The summed E-state index contributed by atoms with van der Waals surface area (Å²) < 4.78 is 42.4. The number of hydrogen-bond donors (Lipinski definition) is 1. The van der Waals surface area contributed by atoms with E-state index in [1.807, 2.05) is 38.1 Å². The second kappa shape index (κ2) is 26.3. The smallest absolute Gasteiger partial charge is 0.405 e. The normalized spacial score (nSPS) is 12.9. The predicted molar refractivity (Wildman–Crippen MR) is 232 cm³/mol. The van der Waals surface area contributed by atoms with Crippen molar-refractivity contribution in [3.8, 4) is 17.2 Å². The number of piperidine rings is 1. The molecule has 0 saturated carbocycles. The monoisotopic (exact) mass is 749 g/mol. The first-order valence-corrected chi connectivity index (χ1v) is 18.7. The third kappa shape index (κ3) is 14.3. The lowest BCUT2D eigenvalue weighted by Gasteiger charge is -2.44. The van der Waals surface area contributed by atoms with Crippen LogP contribution < -0.4 is 5.73 Å². The second-order valence-electron chi connectivity index (χ2n) is 12.4. The molecule has 0 aromatic heterocycles. The molecule has 1 fully saturated rings. The van der Waals surface area contributed by atoms with E-state index in [-0.39, 0.29) is 11.5 Å². The minimum absolute atomic E-state index is 0.132. The van der Waals surface area contributed by atoms with Crippen LogP contribution in [0.3, 0.4) is 0 Å². The van der Waals surface area contributed by atoms with Gasteiger partial charge in [0.15, 0.2) is 0 Å². The fourth-order valence-corrected chi connectivity index (χ4v) is 6.79. The van der Waals surface area contributed by atoms with Crippen molar-refractivity contribution in [2.45, 2.75) is 71.4 Å². The number of nitrogens with zero attached hydrogens (tertiary/aromatic N) is 2. The van der Waals surface area contributed by atoms with Crippen LogP contribution in [0.15, 0.2) is 156 Å². The van der Waals surface area contributed by atoms with E-state index >= 15 is 0 Å². The summed E-state index contributed by atoms with van der Waals surface area (Å²) in [5.41, 5.74) is 10.1. The average molecular weight is 750 g/mol. The molecule has 2 N–H and O–H groups in total. The highest BCUT2D eigenvalue weighted by Crippen LogP contribution is 2.44. The van der Waals surface area contributed by atoms with Crippen LogP contribution >= 0.6 is 0 Å². The molecule has 1 atom stereocenters. The average Bonchev–Trinajstić information content (AvgIpc) is 3.24. The van der Waals surface area contributed by atoms with Crippen molar-refractivity contribution in [3.63, 3.8) is 0 Å². The Hall–Kier alpha value is -5.54. The van der Waals surface area contributed by atoms with Crippen LogP contribution in [0.4, 0.5) is 13.2 Å². The molecule has 4 aromatic rings. The minimum atomic E-state index is -4.61. The molecule has 0 aliphatic carbocycles. The quantitative estimate of drug-likeness (QED) is 0.173. The lowest BCUT2D eigenvalue weighted by atomic mass is 9.64. The molecule has 0 bridgehead atoms. The van der Waals surface area contributed by atoms with E-state index in [1.54, 1.807) is 12.1 Å².